The minimum atomic E-state index is 0.100. The van der Waals surface area contributed by atoms with Crippen molar-refractivity contribution in [1.82, 2.24) is 29.6 Å². The highest BCUT2D eigenvalue weighted by Gasteiger charge is 2.30. The van der Waals surface area contributed by atoms with Crippen molar-refractivity contribution >= 4 is 11.5 Å². The fourth-order valence-electron chi connectivity index (χ4n) is 3.65. The van der Waals surface area contributed by atoms with Crippen molar-refractivity contribution in [3.05, 3.63) is 35.4 Å². The van der Waals surface area contributed by atoms with Crippen LogP contribution in [0.4, 0.5) is 5.82 Å². The number of nitrogens with zero attached hydrogens (tertiary/aromatic N) is 7. The van der Waals surface area contributed by atoms with Crippen LogP contribution >= 0.6 is 0 Å². The van der Waals surface area contributed by atoms with Gasteiger partial charge in [-0.25, -0.2) is 0 Å². The van der Waals surface area contributed by atoms with Gasteiger partial charge >= 0.3 is 0 Å². The van der Waals surface area contributed by atoms with E-state index in [0.717, 1.165) is 42.6 Å². The zero-order chi connectivity index (χ0) is 17.7. The van der Waals surface area contributed by atoms with Gasteiger partial charge in [-0.3, -0.25) is 4.68 Å². The third-order valence-corrected chi connectivity index (χ3v) is 5.16. The first kappa shape index (κ1) is 15.7. The molecule has 26 heavy (non-hydrogen) atoms. The highest BCUT2D eigenvalue weighted by Crippen LogP contribution is 2.38. The van der Waals surface area contributed by atoms with E-state index in [1.165, 1.54) is 18.5 Å². The SMILES string of the molecule is Cc1cc(C)n(CC2CN(c3ccc4nnc(C5CC5)n4n3)CCO2)n1. The Balaban J connectivity index is 1.37. The predicted molar refractivity (Wildman–Crippen MR) is 96.4 cm³/mol. The van der Waals surface area contributed by atoms with Crippen LogP contribution in [0, 0.1) is 13.8 Å². The molecule has 136 valence electrons. The summed E-state index contributed by atoms with van der Waals surface area (Å²) in [5, 5.41) is 17.9. The van der Waals surface area contributed by atoms with E-state index in [2.05, 4.69) is 33.2 Å². The Bertz CT molecular complexity index is 942. The third kappa shape index (κ3) is 2.84. The molecule has 4 heterocycles. The van der Waals surface area contributed by atoms with Crippen molar-refractivity contribution in [2.24, 2.45) is 0 Å². The van der Waals surface area contributed by atoms with Crippen LogP contribution in [-0.4, -0.2) is 55.4 Å². The van der Waals surface area contributed by atoms with E-state index >= 15 is 0 Å². The average Bonchev–Trinajstić information content (AvgIpc) is 3.32. The lowest BCUT2D eigenvalue weighted by atomic mass is 10.2. The number of aryl methyl sites for hydroxylation is 2. The van der Waals surface area contributed by atoms with Crippen LogP contribution in [0.3, 0.4) is 0 Å². The zero-order valence-corrected chi connectivity index (χ0v) is 15.2. The van der Waals surface area contributed by atoms with E-state index in [-0.39, 0.29) is 6.10 Å². The Morgan fingerprint density at radius 3 is 2.81 bits per heavy atom. The Morgan fingerprint density at radius 2 is 2.04 bits per heavy atom. The number of hydrogen-bond acceptors (Lipinski definition) is 6. The normalized spacial score (nSPS) is 20.8. The van der Waals surface area contributed by atoms with Gasteiger partial charge in [0.05, 0.1) is 24.9 Å². The summed E-state index contributed by atoms with van der Waals surface area (Å²) in [6.07, 6.45) is 2.48. The Labute approximate surface area is 151 Å². The second-order valence-electron chi connectivity index (χ2n) is 7.34. The largest absolute Gasteiger partial charge is 0.373 e. The smallest absolute Gasteiger partial charge is 0.178 e. The summed E-state index contributed by atoms with van der Waals surface area (Å²) in [5.74, 6) is 2.48. The number of aromatic nitrogens is 6. The summed E-state index contributed by atoms with van der Waals surface area (Å²) < 4.78 is 9.93. The molecule has 1 aliphatic carbocycles. The number of rotatable bonds is 4. The number of hydrogen-bond donors (Lipinski definition) is 0. The molecule has 1 atom stereocenters. The van der Waals surface area contributed by atoms with Gasteiger partial charge in [0.25, 0.3) is 0 Å². The van der Waals surface area contributed by atoms with Crippen molar-refractivity contribution < 1.29 is 4.74 Å². The van der Waals surface area contributed by atoms with Crippen molar-refractivity contribution in [2.45, 2.75) is 45.3 Å². The first-order valence-electron chi connectivity index (χ1n) is 9.27. The minimum absolute atomic E-state index is 0.100. The van der Waals surface area contributed by atoms with Crippen molar-refractivity contribution in [1.29, 1.82) is 0 Å². The second-order valence-corrected chi connectivity index (χ2v) is 7.34. The van der Waals surface area contributed by atoms with Crippen LogP contribution in [0.1, 0.15) is 36.0 Å². The lowest BCUT2D eigenvalue weighted by molar-refractivity contribution is 0.0267. The molecule has 1 unspecified atom stereocenters. The fraction of sp³-hybridized carbons (Fsp3) is 0.556. The molecule has 2 fully saturated rings. The molecule has 8 nitrogen and oxygen atoms in total. The van der Waals surface area contributed by atoms with Crippen LogP contribution < -0.4 is 4.90 Å². The van der Waals surface area contributed by atoms with Gasteiger partial charge in [0.15, 0.2) is 11.5 Å². The monoisotopic (exact) mass is 353 g/mol. The highest BCUT2D eigenvalue weighted by molar-refractivity contribution is 5.46. The Kier molecular flexibility index (Phi) is 3.66. The van der Waals surface area contributed by atoms with Gasteiger partial charge in [0.1, 0.15) is 5.82 Å². The summed E-state index contributed by atoms with van der Waals surface area (Å²) in [5.41, 5.74) is 3.03. The topological polar surface area (TPSA) is 73.4 Å². The molecule has 3 aromatic rings. The van der Waals surface area contributed by atoms with Gasteiger partial charge in [-0.05, 0) is 44.9 Å². The highest BCUT2D eigenvalue weighted by atomic mass is 16.5. The summed E-state index contributed by atoms with van der Waals surface area (Å²) in [6.45, 7) is 7.21. The molecule has 3 aromatic heterocycles. The van der Waals surface area contributed by atoms with Gasteiger partial charge in [0, 0.05) is 24.7 Å². The Hall–Kier alpha value is -2.48. The third-order valence-electron chi connectivity index (χ3n) is 5.16. The van der Waals surface area contributed by atoms with Crippen LogP contribution in [0.2, 0.25) is 0 Å². The van der Waals surface area contributed by atoms with Gasteiger partial charge < -0.3 is 9.64 Å². The Morgan fingerprint density at radius 1 is 1.15 bits per heavy atom. The van der Waals surface area contributed by atoms with Crippen molar-refractivity contribution in [2.75, 3.05) is 24.6 Å². The molecule has 0 N–H and O–H groups in total. The number of morpholine rings is 1. The summed E-state index contributed by atoms with van der Waals surface area (Å²) in [4.78, 5) is 2.29. The molecule has 5 rings (SSSR count). The van der Waals surface area contributed by atoms with Gasteiger partial charge in [-0.2, -0.15) is 9.61 Å². The van der Waals surface area contributed by atoms with Crippen LogP contribution in [-0.2, 0) is 11.3 Å². The lowest BCUT2D eigenvalue weighted by Crippen LogP contribution is -2.45. The van der Waals surface area contributed by atoms with Gasteiger partial charge in [-0.1, -0.05) is 0 Å². The van der Waals surface area contributed by atoms with Gasteiger partial charge in [0.2, 0.25) is 0 Å². The first-order valence-corrected chi connectivity index (χ1v) is 9.27. The molecule has 0 spiro atoms. The molecule has 2 aliphatic rings. The van der Waals surface area contributed by atoms with Crippen molar-refractivity contribution in [3.8, 4) is 0 Å². The molecule has 1 saturated carbocycles. The number of fused-ring (bicyclic) bond motifs is 1. The molecule has 0 radical (unpaired) electrons. The molecule has 1 aliphatic heterocycles. The van der Waals surface area contributed by atoms with E-state index in [1.54, 1.807) is 0 Å². The number of ether oxygens (including phenoxy) is 1. The van der Waals surface area contributed by atoms with E-state index < -0.39 is 0 Å². The second kappa shape index (κ2) is 6.05. The maximum atomic E-state index is 5.98. The fourth-order valence-corrected chi connectivity index (χ4v) is 3.65. The number of anilines is 1. The van der Waals surface area contributed by atoms with E-state index in [9.17, 15) is 0 Å². The minimum Gasteiger partial charge on any atom is -0.373 e. The standard InChI is InChI=1S/C18H23N7O/c1-12-9-13(2)24(21-12)11-15-10-23(7-8-26-15)17-6-5-16-19-20-18(14-3-4-14)25(16)22-17/h5-6,9,14-15H,3-4,7-8,10-11H2,1-2H3. The van der Waals surface area contributed by atoms with Crippen LogP contribution in [0.5, 0.6) is 0 Å². The summed E-state index contributed by atoms with van der Waals surface area (Å²) in [7, 11) is 0. The van der Waals surface area contributed by atoms with Crippen molar-refractivity contribution in [3.63, 3.8) is 0 Å². The van der Waals surface area contributed by atoms with Crippen LogP contribution in [0.15, 0.2) is 18.2 Å². The molecular formula is C18H23N7O. The molecule has 8 heteroatoms. The lowest BCUT2D eigenvalue weighted by Gasteiger charge is -2.33. The average molecular weight is 353 g/mol. The molecule has 1 saturated heterocycles. The predicted octanol–water partition coefficient (Wildman–Crippen LogP) is 1.72. The first-order chi connectivity index (χ1) is 12.7. The molecule has 0 amide bonds. The quantitative estimate of drug-likeness (QED) is 0.711. The van der Waals surface area contributed by atoms with Crippen LogP contribution in [0.25, 0.3) is 5.65 Å². The molecule has 0 bridgehead atoms. The summed E-state index contributed by atoms with van der Waals surface area (Å²) in [6, 6.07) is 6.14. The van der Waals surface area contributed by atoms with E-state index in [0.29, 0.717) is 12.5 Å². The molecule has 0 aromatic carbocycles. The van der Waals surface area contributed by atoms with Gasteiger partial charge in [-0.15, -0.1) is 15.3 Å². The maximum Gasteiger partial charge on any atom is 0.178 e. The zero-order valence-electron chi connectivity index (χ0n) is 15.2. The van der Waals surface area contributed by atoms with E-state index in [4.69, 9.17) is 9.84 Å². The van der Waals surface area contributed by atoms with E-state index in [1.807, 2.05) is 28.3 Å². The molecular weight excluding hydrogens is 330 g/mol. The summed E-state index contributed by atoms with van der Waals surface area (Å²) >= 11 is 0. The maximum absolute atomic E-state index is 5.98.